The lowest BCUT2D eigenvalue weighted by molar-refractivity contribution is -0.443. The van der Waals surface area contributed by atoms with E-state index < -0.39 is 75.5 Å². The summed E-state index contributed by atoms with van der Waals surface area (Å²) in [4.78, 5) is 36.8. The number of hydrogen-bond acceptors (Lipinski definition) is 12. The average Bonchev–Trinajstić information content (AvgIpc) is 2.74. The Balaban J connectivity index is 2.88. The zero-order valence-electron chi connectivity index (χ0n) is 22.2. The summed E-state index contributed by atoms with van der Waals surface area (Å²) >= 11 is 0. The van der Waals surface area contributed by atoms with Crippen LogP contribution in [-0.2, 0) is 33.3 Å². The summed E-state index contributed by atoms with van der Waals surface area (Å²) in [5.41, 5.74) is -15.8. The van der Waals surface area contributed by atoms with Gasteiger partial charge in [0.15, 0.2) is 6.29 Å². The molecule has 0 radical (unpaired) electrons. The van der Waals surface area contributed by atoms with Crippen molar-refractivity contribution in [2.45, 2.75) is 120 Å². The highest BCUT2D eigenvalue weighted by Crippen LogP contribution is 2.54. The fraction of sp³-hybridized carbons (Fsp3) is 0.870. The maximum absolute atomic E-state index is 12.4. The van der Waals surface area contributed by atoms with Crippen LogP contribution in [-0.4, -0.2) is 97.9 Å². The van der Waals surface area contributed by atoms with Crippen LogP contribution >= 0.6 is 0 Å². The number of methoxy groups -OCH3 is 1. The minimum Gasteiger partial charge on any atom is -0.547 e. The molecule has 2 aliphatic rings. The third-order valence-corrected chi connectivity index (χ3v) is 8.92. The molecule has 0 spiro atoms. The van der Waals surface area contributed by atoms with Gasteiger partial charge in [0.1, 0.15) is 45.2 Å². The van der Waals surface area contributed by atoms with Gasteiger partial charge in [-0.1, -0.05) is 0 Å². The first-order chi connectivity index (χ1) is 16.0. The second kappa shape index (κ2) is 8.58. The van der Waals surface area contributed by atoms with E-state index in [1.807, 2.05) is 0 Å². The highest BCUT2D eigenvalue weighted by Gasteiger charge is 2.74. The number of amides is 1. The predicted octanol–water partition coefficient (Wildman–Crippen LogP) is -3.28. The third kappa shape index (κ3) is 3.59. The summed E-state index contributed by atoms with van der Waals surface area (Å²) in [7, 11) is 1.15. The molecule has 10 unspecified atom stereocenters. The van der Waals surface area contributed by atoms with Crippen molar-refractivity contribution in [1.29, 1.82) is 0 Å². The van der Waals surface area contributed by atoms with Crippen molar-refractivity contribution < 1.29 is 58.9 Å². The van der Waals surface area contributed by atoms with Crippen LogP contribution in [0.2, 0.25) is 0 Å². The predicted molar refractivity (Wildman–Crippen MR) is 117 cm³/mol. The zero-order chi connectivity index (χ0) is 28.5. The molecule has 2 fully saturated rings. The van der Waals surface area contributed by atoms with Crippen LogP contribution in [0.5, 0.6) is 0 Å². The van der Waals surface area contributed by atoms with Gasteiger partial charge in [0, 0.05) is 14.0 Å². The van der Waals surface area contributed by atoms with Crippen LogP contribution in [0.15, 0.2) is 0 Å². The molecule has 208 valence electrons. The summed E-state index contributed by atoms with van der Waals surface area (Å²) in [6.45, 7) is 10.6. The number of nitrogens with one attached hydrogen (secondary N) is 1. The number of carboxylic acids is 2. The van der Waals surface area contributed by atoms with E-state index in [2.05, 4.69) is 5.32 Å². The molecule has 2 saturated heterocycles. The highest BCUT2D eigenvalue weighted by atomic mass is 16.7. The Hall–Kier alpha value is -1.87. The molecule has 0 aromatic rings. The molecule has 13 nitrogen and oxygen atoms in total. The normalized spacial score (nSPS) is 51.4. The SMILES string of the molecule is COC1(C)C(O)C(C)(C(=O)[O-])OC(OC2(C)C(C)(C(=O)[O-])OC(C)C(C)(O)C2(C)O)C1(C)NC(C)=O. The Labute approximate surface area is 209 Å². The minimum atomic E-state index is -2.50. The van der Waals surface area contributed by atoms with E-state index >= 15 is 0 Å². The van der Waals surface area contributed by atoms with E-state index in [4.69, 9.17) is 18.9 Å². The van der Waals surface area contributed by atoms with Crippen molar-refractivity contribution in [1.82, 2.24) is 5.32 Å². The van der Waals surface area contributed by atoms with E-state index in [-0.39, 0.29) is 0 Å². The van der Waals surface area contributed by atoms with Gasteiger partial charge in [-0.2, -0.15) is 0 Å². The van der Waals surface area contributed by atoms with Crippen LogP contribution in [0.1, 0.15) is 62.3 Å². The topological polar surface area (TPSA) is 207 Å². The molecule has 13 heteroatoms. The number of rotatable bonds is 6. The number of aliphatic hydroxyl groups is 3. The van der Waals surface area contributed by atoms with Crippen molar-refractivity contribution in [3.63, 3.8) is 0 Å². The van der Waals surface area contributed by atoms with Gasteiger partial charge in [-0.05, 0) is 55.4 Å². The Bertz CT molecular complexity index is 938. The summed E-state index contributed by atoms with van der Waals surface area (Å²) < 4.78 is 23.0. The number of aliphatic carboxylic acids is 2. The fourth-order valence-electron chi connectivity index (χ4n) is 5.23. The van der Waals surface area contributed by atoms with Crippen LogP contribution in [0.4, 0.5) is 0 Å². The van der Waals surface area contributed by atoms with Gasteiger partial charge in [-0.25, -0.2) is 0 Å². The Morgan fingerprint density at radius 1 is 0.944 bits per heavy atom. The van der Waals surface area contributed by atoms with Crippen LogP contribution in [0.3, 0.4) is 0 Å². The molecule has 2 heterocycles. The molecule has 2 rings (SSSR count). The lowest BCUT2D eigenvalue weighted by Crippen LogP contribution is -2.87. The number of carbonyl (C=O) groups excluding carboxylic acids is 3. The summed E-state index contributed by atoms with van der Waals surface area (Å²) in [6.07, 6.45) is -5.11. The van der Waals surface area contributed by atoms with Gasteiger partial charge >= 0.3 is 0 Å². The lowest BCUT2D eigenvalue weighted by atomic mass is 9.61. The van der Waals surface area contributed by atoms with Crippen molar-refractivity contribution in [2.24, 2.45) is 0 Å². The molecular weight excluding hydrogens is 482 g/mol. The number of aliphatic hydroxyl groups excluding tert-OH is 1. The second-order valence-electron chi connectivity index (χ2n) is 10.9. The van der Waals surface area contributed by atoms with Gasteiger partial charge in [0.05, 0.1) is 18.0 Å². The molecule has 4 N–H and O–H groups in total. The Kier molecular flexibility index (Phi) is 7.24. The minimum absolute atomic E-state index is 0.665. The number of carboxylic acid groups (broad SMARTS) is 2. The quantitative estimate of drug-likeness (QED) is 0.272. The smallest absolute Gasteiger partial charge is 0.217 e. The summed E-state index contributed by atoms with van der Waals surface area (Å²) in [5, 5.41) is 60.9. The zero-order valence-corrected chi connectivity index (χ0v) is 22.2. The molecule has 0 aromatic carbocycles. The molecule has 0 saturated carbocycles. The second-order valence-corrected chi connectivity index (χ2v) is 10.9. The third-order valence-electron chi connectivity index (χ3n) is 8.92. The summed E-state index contributed by atoms with van der Waals surface area (Å²) in [5.74, 6) is -4.35. The number of hydrogen-bond donors (Lipinski definition) is 4. The van der Waals surface area contributed by atoms with Crippen molar-refractivity contribution in [2.75, 3.05) is 7.11 Å². The molecular formula is C23H37NO12-2. The van der Waals surface area contributed by atoms with Crippen LogP contribution in [0, 0.1) is 0 Å². The van der Waals surface area contributed by atoms with E-state index in [1.54, 1.807) is 0 Å². The monoisotopic (exact) mass is 519 g/mol. The first-order valence-electron chi connectivity index (χ1n) is 11.4. The van der Waals surface area contributed by atoms with Crippen molar-refractivity contribution in [3.8, 4) is 0 Å². The number of ether oxygens (including phenoxy) is 4. The average molecular weight is 520 g/mol. The van der Waals surface area contributed by atoms with Crippen LogP contribution in [0.25, 0.3) is 0 Å². The van der Waals surface area contributed by atoms with E-state index in [0.717, 1.165) is 41.7 Å². The first-order valence-corrected chi connectivity index (χ1v) is 11.4. The standard InChI is InChI=1S/C23H39NO12/c1-11-19(5,31)22(8,32)23(9,21(7,34-11)15(29)30)36-16-18(4,24-12(2)25)20(6,33-10)13(26)17(3,35-16)14(27)28/h11,13,16,26,31-32H,1-10H3,(H,24,25)(H,27,28)(H,29,30)/p-2. The Morgan fingerprint density at radius 3 is 1.83 bits per heavy atom. The highest BCUT2D eigenvalue weighted by molar-refractivity contribution is 5.78. The van der Waals surface area contributed by atoms with E-state index in [1.165, 1.54) is 27.7 Å². The Morgan fingerprint density at radius 2 is 1.44 bits per heavy atom. The molecule has 1 amide bonds. The van der Waals surface area contributed by atoms with E-state index in [0.29, 0.717) is 0 Å². The van der Waals surface area contributed by atoms with E-state index in [9.17, 15) is 39.9 Å². The van der Waals surface area contributed by atoms with Crippen molar-refractivity contribution >= 4 is 17.8 Å². The van der Waals surface area contributed by atoms with Gasteiger partial charge in [0.2, 0.25) is 5.91 Å². The summed E-state index contributed by atoms with van der Waals surface area (Å²) in [6, 6.07) is 0. The molecule has 10 atom stereocenters. The molecule has 0 aromatic heterocycles. The lowest BCUT2D eigenvalue weighted by Gasteiger charge is -2.67. The molecule has 36 heavy (non-hydrogen) atoms. The van der Waals surface area contributed by atoms with Crippen molar-refractivity contribution in [3.05, 3.63) is 0 Å². The number of carbonyl (C=O) groups is 3. The molecule has 2 aliphatic heterocycles. The first kappa shape index (κ1) is 30.4. The molecule has 0 bridgehead atoms. The van der Waals surface area contributed by atoms with Gasteiger partial charge in [0.25, 0.3) is 0 Å². The van der Waals surface area contributed by atoms with Gasteiger partial charge in [-0.3, -0.25) is 4.79 Å². The fourth-order valence-corrected chi connectivity index (χ4v) is 5.23. The largest absolute Gasteiger partial charge is 0.547 e. The maximum Gasteiger partial charge on any atom is 0.217 e. The van der Waals surface area contributed by atoms with Gasteiger partial charge < -0.3 is 59.4 Å². The maximum atomic E-state index is 12.4. The molecule has 0 aliphatic carbocycles. The van der Waals surface area contributed by atoms with Crippen LogP contribution < -0.4 is 15.5 Å². The van der Waals surface area contributed by atoms with Gasteiger partial charge in [-0.15, -0.1) is 0 Å².